The number of sulfonamides is 1. The maximum Gasteiger partial charge on any atom is 0.251 e. The Morgan fingerprint density at radius 2 is 1.90 bits per heavy atom. The molecule has 0 fully saturated rings. The lowest BCUT2D eigenvalue weighted by Gasteiger charge is -2.14. The predicted molar refractivity (Wildman–Crippen MR) is 115 cm³/mol. The van der Waals surface area contributed by atoms with Crippen LogP contribution in [0.4, 0.5) is 0 Å². The van der Waals surface area contributed by atoms with Gasteiger partial charge in [0.25, 0.3) is 5.91 Å². The molecule has 1 amide bonds. The normalized spacial score (nSPS) is 11.6. The van der Waals surface area contributed by atoms with E-state index in [1.807, 2.05) is 36.5 Å². The van der Waals surface area contributed by atoms with Gasteiger partial charge < -0.3 is 5.32 Å². The lowest BCUT2D eigenvalue weighted by atomic mass is 10.2. The number of carbonyl (C=O) groups excluding carboxylic acids is 1. The summed E-state index contributed by atoms with van der Waals surface area (Å²) in [6.45, 7) is 0.408. The molecule has 0 saturated heterocycles. The first-order chi connectivity index (χ1) is 13.8. The molecule has 0 aliphatic heterocycles. The zero-order valence-corrected chi connectivity index (χ0v) is 18.4. The van der Waals surface area contributed by atoms with Crippen LogP contribution in [-0.2, 0) is 16.4 Å². The molecule has 29 heavy (non-hydrogen) atoms. The summed E-state index contributed by atoms with van der Waals surface area (Å²) in [4.78, 5) is 12.5. The van der Waals surface area contributed by atoms with E-state index in [-0.39, 0.29) is 16.4 Å². The summed E-state index contributed by atoms with van der Waals surface area (Å²) < 4.78 is 28.1. The van der Waals surface area contributed by atoms with E-state index in [2.05, 4.69) is 26.3 Å². The highest BCUT2D eigenvalue weighted by molar-refractivity contribution is 9.10. The van der Waals surface area contributed by atoms with E-state index in [0.29, 0.717) is 17.4 Å². The molecular formula is C20H21BrN4O3S. The average molecular weight is 477 g/mol. The number of nitrogens with one attached hydrogen (secondary N) is 1. The molecule has 3 rings (SSSR count). The fourth-order valence-electron chi connectivity index (χ4n) is 2.67. The molecule has 7 nitrogen and oxygen atoms in total. The first-order valence-corrected chi connectivity index (χ1v) is 11.1. The van der Waals surface area contributed by atoms with Gasteiger partial charge in [-0.2, -0.15) is 5.10 Å². The van der Waals surface area contributed by atoms with Crippen LogP contribution in [-0.4, -0.2) is 49.1 Å². The molecule has 1 aromatic heterocycles. The maximum atomic E-state index is 12.5. The van der Waals surface area contributed by atoms with E-state index in [9.17, 15) is 13.2 Å². The van der Waals surface area contributed by atoms with Crippen LogP contribution in [0.2, 0.25) is 0 Å². The number of hydrogen-bond acceptors (Lipinski definition) is 4. The highest BCUT2D eigenvalue weighted by Crippen LogP contribution is 2.25. The van der Waals surface area contributed by atoms with E-state index in [1.165, 1.54) is 20.2 Å². The minimum absolute atomic E-state index is 0.0549. The fraction of sp³-hybridized carbons (Fsp3) is 0.200. The fourth-order valence-corrected chi connectivity index (χ4v) is 4.52. The van der Waals surface area contributed by atoms with Crippen LogP contribution < -0.4 is 5.32 Å². The standard InChI is InChI=1S/C20H21BrN4O3S/c1-24(2)29(27,28)19-12-16(8-9-18(19)21)20(26)22-11-10-15-13-23-25(14-15)17-6-4-3-5-7-17/h3-9,12-14H,10-11H2,1-2H3,(H,22,26). The van der Waals surface area contributed by atoms with Crippen molar-refractivity contribution in [3.8, 4) is 5.69 Å². The molecule has 0 spiro atoms. The van der Waals surface area contributed by atoms with Gasteiger partial charge in [0, 0.05) is 36.9 Å². The quantitative estimate of drug-likeness (QED) is 0.567. The Labute approximate surface area is 178 Å². The number of carbonyl (C=O) groups is 1. The van der Waals surface area contributed by atoms with E-state index < -0.39 is 10.0 Å². The van der Waals surface area contributed by atoms with Gasteiger partial charge in [0.1, 0.15) is 0 Å². The Morgan fingerprint density at radius 3 is 2.59 bits per heavy atom. The summed E-state index contributed by atoms with van der Waals surface area (Å²) in [7, 11) is -0.758. The zero-order chi connectivity index (χ0) is 21.0. The number of hydrogen-bond donors (Lipinski definition) is 1. The van der Waals surface area contributed by atoms with Gasteiger partial charge >= 0.3 is 0 Å². The number of benzene rings is 2. The second-order valence-electron chi connectivity index (χ2n) is 6.57. The number of nitrogens with zero attached hydrogens (tertiary/aromatic N) is 3. The predicted octanol–water partition coefficient (Wildman–Crippen LogP) is 2.86. The number of halogens is 1. The molecule has 0 atom stereocenters. The molecule has 0 radical (unpaired) electrons. The largest absolute Gasteiger partial charge is 0.352 e. The molecule has 0 aliphatic carbocycles. The summed E-state index contributed by atoms with van der Waals surface area (Å²) in [5, 5.41) is 7.16. The van der Waals surface area contributed by atoms with Crippen LogP contribution in [0.1, 0.15) is 15.9 Å². The molecule has 152 valence electrons. The Hall–Kier alpha value is -2.49. The van der Waals surface area contributed by atoms with Crippen molar-refractivity contribution in [2.45, 2.75) is 11.3 Å². The van der Waals surface area contributed by atoms with Crippen LogP contribution in [0.5, 0.6) is 0 Å². The van der Waals surface area contributed by atoms with Crippen LogP contribution in [0.15, 0.2) is 70.3 Å². The second kappa shape index (κ2) is 8.89. The van der Waals surface area contributed by atoms with Crippen molar-refractivity contribution in [2.75, 3.05) is 20.6 Å². The monoisotopic (exact) mass is 476 g/mol. The van der Waals surface area contributed by atoms with Crippen molar-refractivity contribution in [3.05, 3.63) is 76.5 Å². The number of rotatable bonds is 7. The Bertz CT molecular complexity index is 1110. The van der Waals surface area contributed by atoms with Crippen molar-refractivity contribution in [3.63, 3.8) is 0 Å². The van der Waals surface area contributed by atoms with Gasteiger partial charge in [0.05, 0.1) is 16.8 Å². The van der Waals surface area contributed by atoms with Gasteiger partial charge in [-0.05, 0) is 58.2 Å². The van der Waals surface area contributed by atoms with Crippen LogP contribution in [0.3, 0.4) is 0 Å². The first-order valence-electron chi connectivity index (χ1n) is 8.88. The van der Waals surface area contributed by atoms with Crippen LogP contribution in [0, 0.1) is 0 Å². The summed E-state index contributed by atoms with van der Waals surface area (Å²) in [5.41, 5.74) is 2.24. The summed E-state index contributed by atoms with van der Waals surface area (Å²) in [6.07, 6.45) is 4.29. The number of para-hydroxylation sites is 1. The summed E-state index contributed by atoms with van der Waals surface area (Å²) in [6, 6.07) is 14.3. The first kappa shape index (κ1) is 21.2. The minimum atomic E-state index is -3.66. The lowest BCUT2D eigenvalue weighted by Crippen LogP contribution is -2.27. The zero-order valence-electron chi connectivity index (χ0n) is 16.0. The van der Waals surface area contributed by atoms with Crippen LogP contribution in [0.25, 0.3) is 5.69 Å². The topological polar surface area (TPSA) is 84.3 Å². The van der Waals surface area contributed by atoms with Crippen LogP contribution >= 0.6 is 15.9 Å². The molecule has 1 heterocycles. The van der Waals surface area contributed by atoms with Gasteiger partial charge in [-0.1, -0.05) is 18.2 Å². The lowest BCUT2D eigenvalue weighted by molar-refractivity contribution is 0.0954. The van der Waals surface area contributed by atoms with E-state index >= 15 is 0 Å². The third-order valence-corrected chi connectivity index (χ3v) is 7.12. The highest BCUT2D eigenvalue weighted by atomic mass is 79.9. The van der Waals surface area contributed by atoms with Gasteiger partial charge in [-0.3, -0.25) is 4.79 Å². The van der Waals surface area contributed by atoms with Gasteiger partial charge in [-0.25, -0.2) is 17.4 Å². The Morgan fingerprint density at radius 1 is 1.17 bits per heavy atom. The molecule has 0 aliphatic rings. The number of aromatic nitrogens is 2. The SMILES string of the molecule is CN(C)S(=O)(=O)c1cc(C(=O)NCCc2cnn(-c3ccccc3)c2)ccc1Br. The van der Waals surface area contributed by atoms with Gasteiger partial charge in [-0.15, -0.1) is 0 Å². The Balaban J connectivity index is 1.64. The second-order valence-corrected chi connectivity index (χ2v) is 9.54. The summed E-state index contributed by atoms with van der Waals surface area (Å²) >= 11 is 3.24. The highest BCUT2D eigenvalue weighted by Gasteiger charge is 2.22. The van der Waals surface area contributed by atoms with Gasteiger partial charge in [0.2, 0.25) is 10.0 Å². The van der Waals surface area contributed by atoms with Crippen molar-refractivity contribution >= 4 is 31.9 Å². The molecule has 2 aromatic carbocycles. The molecule has 0 bridgehead atoms. The van der Waals surface area contributed by atoms with Crippen molar-refractivity contribution in [1.29, 1.82) is 0 Å². The average Bonchev–Trinajstić information content (AvgIpc) is 3.17. The molecule has 3 aromatic rings. The van der Waals surface area contributed by atoms with Gasteiger partial charge in [0.15, 0.2) is 0 Å². The molecule has 0 unspecified atom stereocenters. The van der Waals surface area contributed by atoms with E-state index in [1.54, 1.807) is 23.0 Å². The molecule has 9 heteroatoms. The minimum Gasteiger partial charge on any atom is -0.352 e. The summed E-state index contributed by atoms with van der Waals surface area (Å²) in [5.74, 6) is -0.330. The maximum absolute atomic E-state index is 12.5. The third kappa shape index (κ3) is 4.92. The Kier molecular flexibility index (Phi) is 6.51. The molecule has 0 saturated carbocycles. The number of amides is 1. The van der Waals surface area contributed by atoms with E-state index in [0.717, 1.165) is 15.6 Å². The van der Waals surface area contributed by atoms with Crippen molar-refractivity contribution in [2.24, 2.45) is 0 Å². The van der Waals surface area contributed by atoms with Crippen molar-refractivity contribution < 1.29 is 13.2 Å². The van der Waals surface area contributed by atoms with Crippen molar-refractivity contribution in [1.82, 2.24) is 19.4 Å². The third-order valence-electron chi connectivity index (χ3n) is 4.31. The van der Waals surface area contributed by atoms with E-state index in [4.69, 9.17) is 0 Å². The molecular weight excluding hydrogens is 456 g/mol. The smallest absolute Gasteiger partial charge is 0.251 e. The molecule has 1 N–H and O–H groups in total.